The second kappa shape index (κ2) is 4.46. The van der Waals surface area contributed by atoms with Gasteiger partial charge in [0.15, 0.2) is 0 Å². The molecule has 2 fully saturated rings. The van der Waals surface area contributed by atoms with Gasteiger partial charge in [-0.15, -0.1) is 0 Å². The molecule has 0 aromatic heterocycles. The lowest BCUT2D eigenvalue weighted by Gasteiger charge is -2.37. The SMILES string of the molecule is Cc1ccc(C2(O)CC3CCC(C2)O3)cc1C(F)(F)F. The van der Waals surface area contributed by atoms with Gasteiger partial charge in [0, 0.05) is 12.8 Å². The Morgan fingerprint density at radius 1 is 1.20 bits per heavy atom. The van der Waals surface area contributed by atoms with Crippen LogP contribution < -0.4 is 0 Å². The highest BCUT2D eigenvalue weighted by Crippen LogP contribution is 2.45. The third-order valence-corrected chi connectivity index (χ3v) is 4.41. The second-order valence-electron chi connectivity index (χ2n) is 5.92. The van der Waals surface area contributed by atoms with Crippen molar-refractivity contribution in [3.63, 3.8) is 0 Å². The molecule has 20 heavy (non-hydrogen) atoms. The van der Waals surface area contributed by atoms with E-state index in [1.807, 2.05) is 0 Å². The van der Waals surface area contributed by atoms with Gasteiger partial charge in [-0.1, -0.05) is 12.1 Å². The fourth-order valence-electron chi connectivity index (χ4n) is 3.37. The quantitative estimate of drug-likeness (QED) is 0.855. The summed E-state index contributed by atoms with van der Waals surface area (Å²) in [4.78, 5) is 0. The van der Waals surface area contributed by atoms with Gasteiger partial charge in [0.2, 0.25) is 0 Å². The maximum Gasteiger partial charge on any atom is 0.416 e. The van der Waals surface area contributed by atoms with E-state index in [1.165, 1.54) is 13.0 Å². The largest absolute Gasteiger partial charge is 0.416 e. The summed E-state index contributed by atoms with van der Waals surface area (Å²) in [5.74, 6) is 0. The number of halogens is 3. The molecule has 2 unspecified atom stereocenters. The van der Waals surface area contributed by atoms with Crippen molar-refractivity contribution in [2.45, 2.75) is 56.6 Å². The van der Waals surface area contributed by atoms with Crippen molar-refractivity contribution < 1.29 is 23.0 Å². The third-order valence-electron chi connectivity index (χ3n) is 4.41. The molecule has 110 valence electrons. The molecule has 1 aromatic rings. The average Bonchev–Trinajstić information content (AvgIpc) is 2.68. The predicted molar refractivity (Wildman–Crippen MR) is 67.2 cm³/mol. The van der Waals surface area contributed by atoms with Crippen molar-refractivity contribution in [3.8, 4) is 0 Å². The monoisotopic (exact) mass is 286 g/mol. The molecule has 2 atom stereocenters. The van der Waals surface area contributed by atoms with Crippen molar-refractivity contribution in [2.24, 2.45) is 0 Å². The number of alkyl halides is 3. The van der Waals surface area contributed by atoms with Crippen LogP contribution in [0.2, 0.25) is 0 Å². The van der Waals surface area contributed by atoms with Gasteiger partial charge in [-0.2, -0.15) is 13.2 Å². The smallest absolute Gasteiger partial charge is 0.385 e. The molecule has 2 nitrogen and oxygen atoms in total. The lowest BCUT2D eigenvalue weighted by Crippen LogP contribution is -2.38. The Bertz CT molecular complexity index is 512. The number of ether oxygens (including phenoxy) is 1. The number of aliphatic hydroxyl groups is 1. The van der Waals surface area contributed by atoms with Crippen molar-refractivity contribution >= 4 is 0 Å². The van der Waals surface area contributed by atoms with Gasteiger partial charge in [0.25, 0.3) is 0 Å². The number of rotatable bonds is 1. The summed E-state index contributed by atoms with van der Waals surface area (Å²) < 4.78 is 44.6. The van der Waals surface area contributed by atoms with Crippen LogP contribution in [-0.2, 0) is 16.5 Å². The zero-order valence-corrected chi connectivity index (χ0v) is 11.2. The van der Waals surface area contributed by atoms with Crippen LogP contribution in [0, 0.1) is 6.92 Å². The number of benzene rings is 1. The number of hydrogen-bond donors (Lipinski definition) is 1. The highest BCUT2D eigenvalue weighted by molar-refractivity contribution is 5.36. The van der Waals surface area contributed by atoms with E-state index in [9.17, 15) is 18.3 Å². The zero-order chi connectivity index (χ0) is 14.5. The molecule has 0 radical (unpaired) electrons. The first-order valence-corrected chi connectivity index (χ1v) is 6.84. The van der Waals surface area contributed by atoms with Crippen LogP contribution in [0.5, 0.6) is 0 Å². The Hall–Kier alpha value is -1.07. The second-order valence-corrected chi connectivity index (χ2v) is 5.92. The van der Waals surface area contributed by atoms with Crippen molar-refractivity contribution in [1.29, 1.82) is 0 Å². The average molecular weight is 286 g/mol. The first-order valence-electron chi connectivity index (χ1n) is 6.84. The number of hydrogen-bond acceptors (Lipinski definition) is 2. The van der Waals surface area contributed by atoms with Crippen LogP contribution >= 0.6 is 0 Å². The maximum atomic E-state index is 13.0. The summed E-state index contributed by atoms with van der Waals surface area (Å²) in [6.07, 6.45) is -1.94. The molecule has 1 N–H and O–H groups in total. The topological polar surface area (TPSA) is 29.5 Å². The van der Waals surface area contributed by atoms with Gasteiger partial charge in [0.05, 0.1) is 23.4 Å². The van der Waals surface area contributed by atoms with Crippen LogP contribution in [0.1, 0.15) is 42.4 Å². The van der Waals surface area contributed by atoms with Crippen LogP contribution in [0.3, 0.4) is 0 Å². The van der Waals surface area contributed by atoms with Gasteiger partial charge in [0.1, 0.15) is 0 Å². The Morgan fingerprint density at radius 3 is 2.35 bits per heavy atom. The van der Waals surface area contributed by atoms with E-state index >= 15 is 0 Å². The van der Waals surface area contributed by atoms with Crippen molar-refractivity contribution in [2.75, 3.05) is 0 Å². The van der Waals surface area contributed by atoms with E-state index in [1.54, 1.807) is 6.07 Å². The summed E-state index contributed by atoms with van der Waals surface area (Å²) in [7, 11) is 0. The van der Waals surface area contributed by atoms with E-state index in [4.69, 9.17) is 4.74 Å². The van der Waals surface area contributed by atoms with Crippen molar-refractivity contribution in [3.05, 3.63) is 34.9 Å². The molecule has 1 aromatic carbocycles. The predicted octanol–water partition coefficient (Wildman–Crippen LogP) is 3.54. The van der Waals surface area contributed by atoms with Gasteiger partial charge in [-0.25, -0.2) is 0 Å². The summed E-state index contributed by atoms with van der Waals surface area (Å²) in [5.41, 5.74) is -1.32. The van der Waals surface area contributed by atoms with E-state index in [-0.39, 0.29) is 17.8 Å². The molecule has 3 rings (SSSR count). The van der Waals surface area contributed by atoms with Gasteiger partial charge < -0.3 is 9.84 Å². The molecule has 2 aliphatic heterocycles. The summed E-state index contributed by atoms with van der Waals surface area (Å²) >= 11 is 0. The van der Waals surface area contributed by atoms with E-state index in [0.717, 1.165) is 18.9 Å². The lowest BCUT2D eigenvalue weighted by atomic mass is 9.82. The molecule has 2 bridgehead atoms. The number of aryl methyl sites for hydroxylation is 1. The standard InChI is InChI=1S/C15H17F3O2/c1-9-2-3-10(6-13(9)15(16,17)18)14(19)7-11-4-5-12(8-14)20-11/h2-3,6,11-12,19H,4-5,7-8H2,1H3. The van der Waals surface area contributed by atoms with Gasteiger partial charge >= 0.3 is 6.18 Å². The normalized spacial score (nSPS) is 33.5. The van der Waals surface area contributed by atoms with Crippen LogP contribution in [0.25, 0.3) is 0 Å². The maximum absolute atomic E-state index is 13.0. The minimum atomic E-state index is -4.39. The van der Waals surface area contributed by atoms with E-state index in [0.29, 0.717) is 18.4 Å². The molecule has 2 saturated heterocycles. The Balaban J connectivity index is 1.98. The fourth-order valence-corrected chi connectivity index (χ4v) is 3.37. The molecular weight excluding hydrogens is 269 g/mol. The van der Waals surface area contributed by atoms with Crippen molar-refractivity contribution in [1.82, 2.24) is 0 Å². The van der Waals surface area contributed by atoms with Crippen LogP contribution in [0.15, 0.2) is 18.2 Å². The Morgan fingerprint density at radius 2 is 1.80 bits per heavy atom. The summed E-state index contributed by atoms with van der Waals surface area (Å²) in [6.45, 7) is 1.43. The first-order chi connectivity index (χ1) is 9.28. The molecule has 0 spiro atoms. The molecule has 0 saturated carbocycles. The molecule has 2 aliphatic rings. The highest BCUT2D eigenvalue weighted by atomic mass is 19.4. The molecule has 0 amide bonds. The number of fused-ring (bicyclic) bond motifs is 2. The van der Waals surface area contributed by atoms with Gasteiger partial charge in [-0.05, 0) is 37.0 Å². The van der Waals surface area contributed by atoms with E-state index in [2.05, 4.69) is 0 Å². The van der Waals surface area contributed by atoms with E-state index < -0.39 is 17.3 Å². The first kappa shape index (κ1) is 13.9. The summed E-state index contributed by atoms with van der Waals surface area (Å²) in [5, 5.41) is 10.8. The summed E-state index contributed by atoms with van der Waals surface area (Å²) in [6, 6.07) is 4.14. The molecular formula is C15H17F3O2. The minimum absolute atomic E-state index is 0.0330. The molecule has 2 heterocycles. The molecule has 5 heteroatoms. The zero-order valence-electron chi connectivity index (χ0n) is 11.2. The fraction of sp³-hybridized carbons (Fsp3) is 0.600. The molecule has 0 aliphatic carbocycles. The third kappa shape index (κ3) is 2.33. The minimum Gasteiger partial charge on any atom is -0.385 e. The van der Waals surface area contributed by atoms with Crippen LogP contribution in [-0.4, -0.2) is 17.3 Å². The van der Waals surface area contributed by atoms with Crippen LogP contribution in [0.4, 0.5) is 13.2 Å². The Labute approximate surface area is 115 Å². The van der Waals surface area contributed by atoms with Gasteiger partial charge in [-0.3, -0.25) is 0 Å². The highest BCUT2D eigenvalue weighted by Gasteiger charge is 2.45. The Kier molecular flexibility index (Phi) is 3.10. The lowest BCUT2D eigenvalue weighted by molar-refractivity contribution is -0.138.